The van der Waals surface area contributed by atoms with Crippen molar-refractivity contribution in [3.8, 4) is 0 Å². The predicted octanol–water partition coefficient (Wildman–Crippen LogP) is 2.34. The van der Waals surface area contributed by atoms with E-state index < -0.39 is 0 Å². The number of nitrogens with two attached hydrogens (primary N) is 1. The van der Waals surface area contributed by atoms with Gasteiger partial charge in [-0.1, -0.05) is 36.4 Å². The minimum absolute atomic E-state index is 0.0202. The Bertz CT molecular complexity index is 752. The first-order valence-corrected chi connectivity index (χ1v) is 7.20. The van der Waals surface area contributed by atoms with Crippen LogP contribution in [0.3, 0.4) is 0 Å². The van der Waals surface area contributed by atoms with Crippen LogP contribution in [0.25, 0.3) is 10.9 Å². The van der Waals surface area contributed by atoms with E-state index in [1.54, 1.807) is 0 Å². The molecule has 0 radical (unpaired) electrons. The molecular weight excluding hydrogens is 276 g/mol. The monoisotopic (exact) mass is 294 g/mol. The first-order valence-electron chi connectivity index (χ1n) is 7.20. The van der Waals surface area contributed by atoms with Gasteiger partial charge in [0.2, 0.25) is 0 Å². The Morgan fingerprint density at radius 1 is 1.41 bits per heavy atom. The van der Waals surface area contributed by atoms with Gasteiger partial charge in [-0.25, -0.2) is 0 Å². The summed E-state index contributed by atoms with van der Waals surface area (Å²) in [5.74, 6) is 0.0287. The van der Waals surface area contributed by atoms with E-state index in [1.807, 2.05) is 48.6 Å². The summed E-state index contributed by atoms with van der Waals surface area (Å²) in [5.41, 5.74) is 8.02. The third kappa shape index (κ3) is 2.93. The molecule has 1 aliphatic carbocycles. The number of carbonyl (C=O) groups excluding carboxylic acids is 1. The molecule has 0 spiro atoms. The van der Waals surface area contributed by atoms with Crippen LogP contribution in [0.2, 0.25) is 0 Å². The molecule has 1 aromatic heterocycles. The lowest BCUT2D eigenvalue weighted by molar-refractivity contribution is 0.0953. The van der Waals surface area contributed by atoms with Crippen molar-refractivity contribution >= 4 is 22.6 Å². The number of aromatic nitrogens is 1. The second kappa shape index (κ2) is 5.89. The molecule has 1 amide bonds. The highest BCUT2D eigenvalue weighted by Crippen LogP contribution is 2.16. The van der Waals surface area contributed by atoms with E-state index in [0.29, 0.717) is 18.7 Å². The summed E-state index contributed by atoms with van der Waals surface area (Å²) in [4.78, 5) is 15.3. The molecule has 1 unspecified atom stereocenters. The lowest BCUT2D eigenvalue weighted by Gasteiger charge is -2.15. The summed E-state index contributed by atoms with van der Waals surface area (Å²) in [6.45, 7) is 0.468. The molecule has 5 heteroatoms. The van der Waals surface area contributed by atoms with E-state index in [-0.39, 0.29) is 17.7 Å². The summed E-state index contributed by atoms with van der Waals surface area (Å²) in [7, 11) is 0. The first kappa shape index (κ1) is 14.1. The summed E-state index contributed by atoms with van der Waals surface area (Å²) in [5, 5.41) is 11.3. The second-order valence-electron chi connectivity index (χ2n) is 5.39. The SMILES string of the molecule is N=C(N)C1C=CC(CNC(=O)c2cc3ccccc3[nH]2)=CC1. The fourth-order valence-corrected chi connectivity index (χ4v) is 2.50. The van der Waals surface area contributed by atoms with E-state index in [9.17, 15) is 4.79 Å². The normalized spacial score (nSPS) is 17.3. The van der Waals surface area contributed by atoms with Gasteiger partial charge in [-0.3, -0.25) is 10.2 Å². The molecule has 2 aromatic rings. The van der Waals surface area contributed by atoms with Crippen molar-refractivity contribution in [3.63, 3.8) is 0 Å². The van der Waals surface area contributed by atoms with Crippen molar-refractivity contribution in [1.82, 2.24) is 10.3 Å². The fourth-order valence-electron chi connectivity index (χ4n) is 2.50. The highest BCUT2D eigenvalue weighted by molar-refractivity contribution is 5.98. The van der Waals surface area contributed by atoms with Gasteiger partial charge in [0, 0.05) is 23.4 Å². The number of benzene rings is 1. The summed E-state index contributed by atoms with van der Waals surface area (Å²) in [6.07, 6.45) is 6.55. The average molecular weight is 294 g/mol. The summed E-state index contributed by atoms with van der Waals surface area (Å²) < 4.78 is 0. The minimum atomic E-state index is -0.126. The quantitative estimate of drug-likeness (QED) is 0.514. The molecular formula is C17H18N4O. The number of hydrogen-bond donors (Lipinski definition) is 4. The van der Waals surface area contributed by atoms with E-state index in [0.717, 1.165) is 16.5 Å². The van der Waals surface area contributed by atoms with Gasteiger partial charge in [-0.15, -0.1) is 0 Å². The number of amidine groups is 1. The van der Waals surface area contributed by atoms with Gasteiger partial charge in [-0.2, -0.15) is 0 Å². The van der Waals surface area contributed by atoms with Crippen molar-refractivity contribution in [1.29, 1.82) is 5.41 Å². The van der Waals surface area contributed by atoms with Gasteiger partial charge in [0.1, 0.15) is 5.69 Å². The van der Waals surface area contributed by atoms with Crippen molar-refractivity contribution in [3.05, 3.63) is 59.8 Å². The Morgan fingerprint density at radius 2 is 2.23 bits per heavy atom. The third-order valence-electron chi connectivity index (χ3n) is 3.80. The predicted molar refractivity (Wildman–Crippen MR) is 87.9 cm³/mol. The molecule has 0 saturated carbocycles. The van der Waals surface area contributed by atoms with Crippen LogP contribution in [0.15, 0.2) is 54.1 Å². The van der Waals surface area contributed by atoms with Crippen LogP contribution >= 0.6 is 0 Å². The second-order valence-corrected chi connectivity index (χ2v) is 5.39. The zero-order valence-corrected chi connectivity index (χ0v) is 12.1. The Kier molecular flexibility index (Phi) is 3.78. The van der Waals surface area contributed by atoms with E-state index >= 15 is 0 Å². The maximum absolute atomic E-state index is 12.2. The van der Waals surface area contributed by atoms with Crippen molar-refractivity contribution in [2.24, 2.45) is 11.7 Å². The maximum Gasteiger partial charge on any atom is 0.267 e. The molecule has 5 nitrogen and oxygen atoms in total. The molecule has 5 N–H and O–H groups in total. The number of H-pyrrole nitrogens is 1. The lowest BCUT2D eigenvalue weighted by Crippen LogP contribution is -2.27. The number of para-hydroxylation sites is 1. The van der Waals surface area contributed by atoms with Crippen molar-refractivity contribution in [2.75, 3.05) is 6.54 Å². The van der Waals surface area contributed by atoms with Crippen molar-refractivity contribution < 1.29 is 4.79 Å². The standard InChI is InChI=1S/C17H18N4O/c18-16(19)12-7-5-11(6-8-12)10-20-17(22)15-9-13-3-1-2-4-14(13)21-15/h1-7,9,12,21H,8,10H2,(H3,18,19)(H,20,22). The van der Waals surface area contributed by atoms with Gasteiger partial charge in [0.15, 0.2) is 0 Å². The molecule has 0 fully saturated rings. The van der Waals surface area contributed by atoms with E-state index in [1.165, 1.54) is 0 Å². The van der Waals surface area contributed by atoms with Crippen LogP contribution in [0.4, 0.5) is 0 Å². The molecule has 0 saturated heterocycles. The minimum Gasteiger partial charge on any atom is -0.387 e. The van der Waals surface area contributed by atoms with Gasteiger partial charge in [0.05, 0.1) is 5.84 Å². The molecule has 1 heterocycles. The zero-order valence-electron chi connectivity index (χ0n) is 12.1. The molecule has 1 aliphatic rings. The third-order valence-corrected chi connectivity index (χ3v) is 3.80. The number of rotatable bonds is 4. The van der Waals surface area contributed by atoms with Gasteiger partial charge < -0.3 is 16.0 Å². The van der Waals surface area contributed by atoms with E-state index in [2.05, 4.69) is 10.3 Å². The lowest BCUT2D eigenvalue weighted by atomic mass is 9.96. The Labute approximate surface area is 128 Å². The molecule has 3 rings (SSSR count). The topological polar surface area (TPSA) is 94.8 Å². The van der Waals surface area contributed by atoms with Gasteiger partial charge in [0.25, 0.3) is 5.91 Å². The van der Waals surface area contributed by atoms with Crippen LogP contribution < -0.4 is 11.1 Å². The average Bonchev–Trinajstić information content (AvgIpc) is 2.97. The number of amides is 1. The summed E-state index contributed by atoms with van der Waals surface area (Å²) in [6, 6.07) is 9.64. The zero-order chi connectivity index (χ0) is 15.5. The van der Waals surface area contributed by atoms with Crippen LogP contribution in [-0.4, -0.2) is 23.3 Å². The Hall–Kier alpha value is -2.82. The smallest absolute Gasteiger partial charge is 0.267 e. The summed E-state index contributed by atoms with van der Waals surface area (Å²) >= 11 is 0. The Balaban J connectivity index is 1.61. The Morgan fingerprint density at radius 3 is 2.91 bits per heavy atom. The molecule has 0 bridgehead atoms. The first-order chi connectivity index (χ1) is 10.6. The number of aromatic amines is 1. The number of hydrogen-bond acceptors (Lipinski definition) is 2. The largest absolute Gasteiger partial charge is 0.387 e. The molecule has 1 aromatic carbocycles. The molecule has 1 atom stereocenters. The highest BCUT2D eigenvalue weighted by Gasteiger charge is 2.13. The van der Waals surface area contributed by atoms with Crippen LogP contribution in [0.1, 0.15) is 16.9 Å². The maximum atomic E-state index is 12.2. The molecule has 22 heavy (non-hydrogen) atoms. The van der Waals surface area contributed by atoms with Gasteiger partial charge >= 0.3 is 0 Å². The number of nitrogens with one attached hydrogen (secondary N) is 3. The number of fused-ring (bicyclic) bond motifs is 1. The van der Waals surface area contributed by atoms with Crippen LogP contribution in [-0.2, 0) is 0 Å². The van der Waals surface area contributed by atoms with Crippen LogP contribution in [0.5, 0.6) is 0 Å². The fraction of sp³-hybridized carbons (Fsp3) is 0.176. The van der Waals surface area contributed by atoms with E-state index in [4.69, 9.17) is 11.1 Å². The van der Waals surface area contributed by atoms with Crippen LogP contribution in [0, 0.1) is 11.3 Å². The van der Waals surface area contributed by atoms with Crippen molar-refractivity contribution in [2.45, 2.75) is 6.42 Å². The molecule has 0 aliphatic heterocycles. The molecule has 112 valence electrons. The highest BCUT2D eigenvalue weighted by atomic mass is 16.1. The number of carbonyl (C=O) groups is 1. The van der Waals surface area contributed by atoms with Gasteiger partial charge in [-0.05, 0) is 24.1 Å². The number of allylic oxidation sites excluding steroid dienone is 1.